The van der Waals surface area contributed by atoms with Crippen molar-refractivity contribution in [2.45, 2.75) is 19.8 Å². The number of furan rings is 1. The van der Waals surface area contributed by atoms with Crippen LogP contribution in [0, 0.1) is 0 Å². The van der Waals surface area contributed by atoms with Crippen LogP contribution in [0.15, 0.2) is 71.1 Å². The lowest BCUT2D eigenvalue weighted by atomic mass is 10.1. The van der Waals surface area contributed by atoms with E-state index < -0.39 is 0 Å². The summed E-state index contributed by atoms with van der Waals surface area (Å²) >= 11 is 0. The van der Waals surface area contributed by atoms with Gasteiger partial charge in [-0.05, 0) is 35.4 Å². The summed E-state index contributed by atoms with van der Waals surface area (Å²) in [5, 5.41) is 2.84. The lowest BCUT2D eigenvalue weighted by Gasteiger charge is -2.08. The Morgan fingerprint density at radius 3 is 2.38 bits per heavy atom. The first-order valence-electron chi connectivity index (χ1n) is 8.36. The average molecular weight is 351 g/mol. The van der Waals surface area contributed by atoms with Crippen molar-refractivity contribution in [1.82, 2.24) is 5.32 Å². The Balaban J connectivity index is 1.48. The van der Waals surface area contributed by atoms with Gasteiger partial charge in [-0.1, -0.05) is 42.5 Å². The summed E-state index contributed by atoms with van der Waals surface area (Å²) in [6.07, 6.45) is 0. The molecule has 1 heterocycles. The van der Waals surface area contributed by atoms with Crippen LogP contribution in [0.1, 0.15) is 27.4 Å². The minimum atomic E-state index is -0.246. The van der Waals surface area contributed by atoms with Crippen molar-refractivity contribution < 1.29 is 18.7 Å². The van der Waals surface area contributed by atoms with Gasteiger partial charge in [0.2, 0.25) is 0 Å². The number of carbonyl (C=O) groups excluding carboxylic acids is 1. The number of hydrogen-bond donors (Lipinski definition) is 1. The van der Waals surface area contributed by atoms with E-state index in [-0.39, 0.29) is 11.7 Å². The second-order valence-electron chi connectivity index (χ2n) is 5.80. The maximum atomic E-state index is 12.1. The van der Waals surface area contributed by atoms with Crippen LogP contribution in [-0.2, 0) is 24.5 Å². The second kappa shape index (κ2) is 8.87. The third-order valence-corrected chi connectivity index (χ3v) is 3.80. The van der Waals surface area contributed by atoms with Gasteiger partial charge in [0.1, 0.15) is 24.7 Å². The Hall–Kier alpha value is -3.05. The number of para-hydroxylation sites is 1. The average Bonchev–Trinajstić information content (AvgIpc) is 3.15. The first-order chi connectivity index (χ1) is 12.7. The fourth-order valence-corrected chi connectivity index (χ4v) is 2.43. The third-order valence-electron chi connectivity index (χ3n) is 3.80. The summed E-state index contributed by atoms with van der Waals surface area (Å²) in [5.41, 5.74) is 2.07. The maximum Gasteiger partial charge on any atom is 0.287 e. The molecule has 1 aromatic heterocycles. The first-order valence-corrected chi connectivity index (χ1v) is 8.36. The van der Waals surface area contributed by atoms with Gasteiger partial charge in [-0.25, -0.2) is 0 Å². The molecule has 3 aromatic rings. The fourth-order valence-electron chi connectivity index (χ4n) is 2.43. The van der Waals surface area contributed by atoms with Crippen LogP contribution in [0.3, 0.4) is 0 Å². The molecule has 1 N–H and O–H groups in total. The number of carbonyl (C=O) groups is 1. The molecule has 0 fully saturated rings. The molecule has 26 heavy (non-hydrogen) atoms. The quantitative estimate of drug-likeness (QED) is 0.668. The molecule has 0 aliphatic rings. The summed E-state index contributed by atoms with van der Waals surface area (Å²) in [7, 11) is 1.58. The van der Waals surface area contributed by atoms with Crippen LogP contribution in [0.25, 0.3) is 0 Å². The van der Waals surface area contributed by atoms with E-state index >= 15 is 0 Å². The van der Waals surface area contributed by atoms with Crippen LogP contribution >= 0.6 is 0 Å². The summed E-state index contributed by atoms with van der Waals surface area (Å²) < 4.78 is 16.1. The Kier molecular flexibility index (Phi) is 6.06. The predicted molar refractivity (Wildman–Crippen MR) is 97.8 cm³/mol. The molecular formula is C21H21NO4. The zero-order valence-corrected chi connectivity index (χ0v) is 14.6. The Bertz CT molecular complexity index is 825. The number of amides is 1. The molecule has 0 unspecified atom stereocenters. The minimum absolute atomic E-state index is 0.246. The van der Waals surface area contributed by atoms with Crippen LogP contribution in [0.2, 0.25) is 0 Å². The SMILES string of the molecule is COCc1ccc(C(=O)NCc2ccc(COc3ccccc3)cc2)o1. The van der Waals surface area contributed by atoms with E-state index in [0.29, 0.717) is 25.5 Å². The normalized spacial score (nSPS) is 10.5. The minimum Gasteiger partial charge on any atom is -0.489 e. The molecule has 0 aliphatic heterocycles. The lowest BCUT2D eigenvalue weighted by Crippen LogP contribution is -2.22. The molecular weight excluding hydrogens is 330 g/mol. The van der Waals surface area contributed by atoms with E-state index in [4.69, 9.17) is 13.9 Å². The number of nitrogens with one attached hydrogen (secondary N) is 1. The zero-order valence-electron chi connectivity index (χ0n) is 14.6. The van der Waals surface area contributed by atoms with Gasteiger partial charge in [-0.15, -0.1) is 0 Å². The molecule has 0 radical (unpaired) electrons. The topological polar surface area (TPSA) is 60.7 Å². The molecule has 0 saturated carbocycles. The highest BCUT2D eigenvalue weighted by atomic mass is 16.5. The van der Waals surface area contributed by atoms with E-state index in [1.807, 2.05) is 54.6 Å². The molecule has 0 spiro atoms. The maximum absolute atomic E-state index is 12.1. The number of benzene rings is 2. The van der Waals surface area contributed by atoms with Crippen LogP contribution in [0.4, 0.5) is 0 Å². The first kappa shape index (κ1) is 17.8. The van der Waals surface area contributed by atoms with Crippen molar-refractivity contribution in [2.75, 3.05) is 7.11 Å². The van der Waals surface area contributed by atoms with Crippen LogP contribution < -0.4 is 10.1 Å². The van der Waals surface area contributed by atoms with Crippen LogP contribution in [0.5, 0.6) is 5.75 Å². The number of hydrogen-bond acceptors (Lipinski definition) is 4. The number of ether oxygens (including phenoxy) is 2. The standard InChI is InChI=1S/C21H21NO4/c1-24-15-19-11-12-20(26-19)21(23)22-13-16-7-9-17(10-8-16)14-25-18-5-3-2-4-6-18/h2-12H,13-15H2,1H3,(H,22,23). The Labute approximate surface area is 152 Å². The highest BCUT2D eigenvalue weighted by Crippen LogP contribution is 2.13. The third kappa shape index (κ3) is 4.97. The summed E-state index contributed by atoms with van der Waals surface area (Å²) in [5.74, 6) is 1.50. The van der Waals surface area contributed by atoms with E-state index in [1.165, 1.54) is 0 Å². The molecule has 0 atom stereocenters. The van der Waals surface area contributed by atoms with E-state index in [1.54, 1.807) is 19.2 Å². The predicted octanol–water partition coefficient (Wildman–Crippen LogP) is 3.94. The van der Waals surface area contributed by atoms with Gasteiger partial charge in [-0.2, -0.15) is 0 Å². The molecule has 5 heteroatoms. The molecule has 3 rings (SSSR count). The van der Waals surface area contributed by atoms with Crippen LogP contribution in [-0.4, -0.2) is 13.0 Å². The highest BCUT2D eigenvalue weighted by molar-refractivity contribution is 5.91. The Morgan fingerprint density at radius 1 is 0.923 bits per heavy atom. The summed E-state index contributed by atoms with van der Waals surface area (Å²) in [4.78, 5) is 12.1. The van der Waals surface area contributed by atoms with E-state index in [0.717, 1.165) is 16.9 Å². The van der Waals surface area contributed by atoms with Gasteiger partial charge >= 0.3 is 0 Å². The van der Waals surface area contributed by atoms with Crippen molar-refractivity contribution in [3.8, 4) is 5.75 Å². The molecule has 2 aromatic carbocycles. The Morgan fingerprint density at radius 2 is 1.65 bits per heavy atom. The van der Waals surface area contributed by atoms with Crippen molar-refractivity contribution >= 4 is 5.91 Å². The smallest absolute Gasteiger partial charge is 0.287 e. The van der Waals surface area contributed by atoms with Gasteiger partial charge in [0.05, 0.1) is 0 Å². The van der Waals surface area contributed by atoms with Gasteiger partial charge in [0, 0.05) is 13.7 Å². The molecule has 5 nitrogen and oxygen atoms in total. The van der Waals surface area contributed by atoms with Gasteiger partial charge < -0.3 is 19.2 Å². The summed E-state index contributed by atoms with van der Waals surface area (Å²) in [6, 6.07) is 21.0. The molecule has 0 aliphatic carbocycles. The van der Waals surface area contributed by atoms with Gasteiger partial charge in [0.15, 0.2) is 5.76 Å². The second-order valence-corrected chi connectivity index (χ2v) is 5.80. The van der Waals surface area contributed by atoms with Crippen molar-refractivity contribution in [1.29, 1.82) is 0 Å². The van der Waals surface area contributed by atoms with Crippen molar-refractivity contribution in [3.63, 3.8) is 0 Å². The largest absolute Gasteiger partial charge is 0.489 e. The zero-order chi connectivity index (χ0) is 18.2. The monoisotopic (exact) mass is 351 g/mol. The van der Waals surface area contributed by atoms with Crippen molar-refractivity contribution in [3.05, 3.63) is 89.4 Å². The number of methoxy groups -OCH3 is 1. The lowest BCUT2D eigenvalue weighted by molar-refractivity contribution is 0.0914. The molecule has 134 valence electrons. The molecule has 1 amide bonds. The van der Waals surface area contributed by atoms with E-state index in [9.17, 15) is 4.79 Å². The molecule has 0 saturated heterocycles. The van der Waals surface area contributed by atoms with Gasteiger partial charge in [-0.3, -0.25) is 4.79 Å². The highest BCUT2D eigenvalue weighted by Gasteiger charge is 2.10. The van der Waals surface area contributed by atoms with Crippen molar-refractivity contribution in [2.24, 2.45) is 0 Å². The summed E-state index contributed by atoms with van der Waals surface area (Å²) in [6.45, 7) is 1.28. The fraction of sp³-hybridized carbons (Fsp3) is 0.190. The molecule has 0 bridgehead atoms. The number of rotatable bonds is 8. The van der Waals surface area contributed by atoms with E-state index in [2.05, 4.69) is 5.32 Å². The van der Waals surface area contributed by atoms with Gasteiger partial charge in [0.25, 0.3) is 5.91 Å².